The van der Waals surface area contributed by atoms with Crippen molar-refractivity contribution in [2.75, 3.05) is 13.1 Å². The van der Waals surface area contributed by atoms with Crippen molar-refractivity contribution in [1.29, 1.82) is 0 Å². The van der Waals surface area contributed by atoms with E-state index in [2.05, 4.69) is 10.9 Å². The summed E-state index contributed by atoms with van der Waals surface area (Å²) in [6.07, 6.45) is 6.15. The molecule has 1 heterocycles. The summed E-state index contributed by atoms with van der Waals surface area (Å²) in [6, 6.07) is 9.07. The Morgan fingerprint density at radius 1 is 1.45 bits per heavy atom. The second kappa shape index (κ2) is 6.40. The molecule has 0 fully saturated rings. The second-order valence-corrected chi connectivity index (χ2v) is 4.84. The quantitative estimate of drug-likeness (QED) is 0.807. The first-order chi connectivity index (χ1) is 9.67. The van der Waals surface area contributed by atoms with E-state index < -0.39 is 0 Å². The molecular weight excluding hydrogens is 272 g/mol. The van der Waals surface area contributed by atoms with Gasteiger partial charge in [-0.2, -0.15) is 0 Å². The van der Waals surface area contributed by atoms with Crippen LogP contribution in [0.4, 0.5) is 0 Å². The third-order valence-electron chi connectivity index (χ3n) is 2.95. The van der Waals surface area contributed by atoms with Crippen molar-refractivity contribution in [3.05, 3.63) is 41.0 Å². The van der Waals surface area contributed by atoms with Gasteiger partial charge < -0.3 is 4.90 Å². The molecule has 0 radical (unpaired) electrons. The fourth-order valence-corrected chi connectivity index (χ4v) is 2.30. The highest BCUT2D eigenvalue weighted by atomic mass is 35.5. The summed E-state index contributed by atoms with van der Waals surface area (Å²) in [5.74, 6) is 2.32. The lowest BCUT2D eigenvalue weighted by Crippen LogP contribution is -2.32. The Labute approximate surface area is 123 Å². The Bertz CT molecular complexity index is 676. The Morgan fingerprint density at radius 3 is 2.90 bits per heavy atom. The number of carbonyl (C=O) groups excluding carboxylic acids is 1. The Kier molecular flexibility index (Phi) is 4.60. The van der Waals surface area contributed by atoms with Gasteiger partial charge in [-0.3, -0.25) is 4.79 Å². The van der Waals surface area contributed by atoms with Crippen LogP contribution in [0.1, 0.15) is 23.8 Å². The maximum atomic E-state index is 12.4. The molecule has 0 unspecified atom stereocenters. The lowest BCUT2D eigenvalue weighted by atomic mass is 10.2. The van der Waals surface area contributed by atoms with Gasteiger partial charge in [-0.05, 0) is 18.6 Å². The van der Waals surface area contributed by atoms with Gasteiger partial charge in [0.15, 0.2) is 0 Å². The summed E-state index contributed by atoms with van der Waals surface area (Å²) in [5.41, 5.74) is 1.04. The Morgan fingerprint density at radius 2 is 2.20 bits per heavy atom. The average Bonchev–Trinajstić information content (AvgIpc) is 2.46. The number of terminal acetylenes is 1. The van der Waals surface area contributed by atoms with Gasteiger partial charge in [0.05, 0.1) is 17.1 Å². The number of aromatic nitrogens is 1. The number of fused-ring (bicyclic) bond motifs is 1. The highest BCUT2D eigenvalue weighted by molar-refractivity contribution is 6.35. The van der Waals surface area contributed by atoms with E-state index in [9.17, 15) is 4.79 Å². The monoisotopic (exact) mass is 286 g/mol. The predicted molar refractivity (Wildman–Crippen MR) is 81.8 cm³/mol. The average molecular weight is 287 g/mol. The molecule has 1 aromatic heterocycles. The molecule has 0 saturated carbocycles. The summed E-state index contributed by atoms with van der Waals surface area (Å²) in [4.78, 5) is 18.4. The third kappa shape index (κ3) is 2.92. The number of para-hydroxylation sites is 1. The standard InChI is InChI=1S/C16H15ClN2O/c1-3-9-19(10-4-2)16(20)15-11-13(17)12-7-5-6-8-14(12)18-15/h1,5-8,11H,4,9-10H2,2H3. The smallest absolute Gasteiger partial charge is 0.273 e. The third-order valence-corrected chi connectivity index (χ3v) is 3.26. The van der Waals surface area contributed by atoms with Crippen molar-refractivity contribution >= 4 is 28.4 Å². The van der Waals surface area contributed by atoms with E-state index in [4.69, 9.17) is 18.0 Å². The van der Waals surface area contributed by atoms with Crippen LogP contribution in [-0.2, 0) is 0 Å². The van der Waals surface area contributed by atoms with E-state index in [1.54, 1.807) is 11.0 Å². The van der Waals surface area contributed by atoms with Gasteiger partial charge in [0.2, 0.25) is 0 Å². The minimum absolute atomic E-state index is 0.183. The van der Waals surface area contributed by atoms with Gasteiger partial charge in [0.25, 0.3) is 5.91 Å². The molecule has 0 spiro atoms. The first-order valence-electron chi connectivity index (χ1n) is 6.45. The highest BCUT2D eigenvalue weighted by Gasteiger charge is 2.17. The van der Waals surface area contributed by atoms with Gasteiger partial charge in [0.1, 0.15) is 5.69 Å². The molecule has 3 nitrogen and oxygen atoms in total. The SMILES string of the molecule is C#CCN(CCC)C(=O)c1cc(Cl)c2ccccc2n1. The number of benzene rings is 1. The molecule has 20 heavy (non-hydrogen) atoms. The first-order valence-corrected chi connectivity index (χ1v) is 6.83. The van der Waals surface area contributed by atoms with Crippen molar-refractivity contribution in [1.82, 2.24) is 9.88 Å². The van der Waals surface area contributed by atoms with Crippen LogP contribution in [0.3, 0.4) is 0 Å². The molecule has 2 rings (SSSR count). The summed E-state index contributed by atoms with van der Waals surface area (Å²) >= 11 is 6.21. The van der Waals surface area contributed by atoms with E-state index in [0.717, 1.165) is 11.8 Å². The zero-order valence-corrected chi connectivity index (χ0v) is 12.0. The molecule has 4 heteroatoms. The minimum atomic E-state index is -0.183. The van der Waals surface area contributed by atoms with Crippen LogP contribution in [0.15, 0.2) is 30.3 Å². The van der Waals surface area contributed by atoms with Crippen LogP contribution >= 0.6 is 11.6 Å². The van der Waals surface area contributed by atoms with Crippen molar-refractivity contribution in [3.63, 3.8) is 0 Å². The molecule has 0 saturated heterocycles. The molecule has 0 aliphatic rings. The van der Waals surface area contributed by atoms with Crippen molar-refractivity contribution in [2.45, 2.75) is 13.3 Å². The molecule has 2 aromatic rings. The number of amides is 1. The van der Waals surface area contributed by atoms with Crippen LogP contribution in [0.2, 0.25) is 5.02 Å². The van der Waals surface area contributed by atoms with Gasteiger partial charge in [0, 0.05) is 11.9 Å². The summed E-state index contributed by atoms with van der Waals surface area (Å²) in [6.45, 7) is 2.88. The van der Waals surface area contributed by atoms with Crippen LogP contribution < -0.4 is 0 Å². The maximum absolute atomic E-state index is 12.4. The number of nitrogens with zero attached hydrogens (tertiary/aromatic N) is 2. The van der Waals surface area contributed by atoms with E-state index in [1.165, 1.54) is 0 Å². The van der Waals surface area contributed by atoms with Gasteiger partial charge in [-0.1, -0.05) is 42.6 Å². The minimum Gasteiger partial charge on any atom is -0.326 e. The van der Waals surface area contributed by atoms with Crippen LogP contribution in [0, 0.1) is 12.3 Å². The topological polar surface area (TPSA) is 33.2 Å². The highest BCUT2D eigenvalue weighted by Crippen LogP contribution is 2.23. The number of pyridine rings is 1. The number of rotatable bonds is 4. The van der Waals surface area contributed by atoms with E-state index >= 15 is 0 Å². The van der Waals surface area contributed by atoms with Crippen molar-refractivity contribution in [3.8, 4) is 12.3 Å². The number of hydrogen-bond acceptors (Lipinski definition) is 2. The molecule has 0 atom stereocenters. The van der Waals surface area contributed by atoms with Gasteiger partial charge in [-0.15, -0.1) is 6.42 Å². The number of hydrogen-bond donors (Lipinski definition) is 0. The Balaban J connectivity index is 2.41. The first kappa shape index (κ1) is 14.4. The van der Waals surface area contributed by atoms with Crippen molar-refractivity contribution < 1.29 is 4.79 Å². The molecule has 0 aliphatic heterocycles. The van der Waals surface area contributed by atoms with Crippen LogP contribution in [0.25, 0.3) is 10.9 Å². The van der Waals surface area contributed by atoms with Gasteiger partial charge in [-0.25, -0.2) is 4.98 Å². The summed E-state index contributed by atoms with van der Waals surface area (Å²) in [7, 11) is 0. The number of halogens is 1. The van der Waals surface area contributed by atoms with Gasteiger partial charge >= 0.3 is 0 Å². The fraction of sp³-hybridized carbons (Fsp3) is 0.250. The van der Waals surface area contributed by atoms with Crippen LogP contribution in [0.5, 0.6) is 0 Å². The zero-order valence-electron chi connectivity index (χ0n) is 11.3. The van der Waals surface area contributed by atoms with E-state index in [1.807, 2.05) is 31.2 Å². The zero-order chi connectivity index (χ0) is 14.5. The van der Waals surface area contributed by atoms with Crippen LogP contribution in [-0.4, -0.2) is 28.9 Å². The molecule has 1 aromatic carbocycles. The van der Waals surface area contributed by atoms with E-state index in [0.29, 0.717) is 22.8 Å². The lowest BCUT2D eigenvalue weighted by molar-refractivity contribution is 0.0771. The normalized spacial score (nSPS) is 10.2. The molecular formula is C16H15ClN2O. The predicted octanol–water partition coefficient (Wildman–Crippen LogP) is 3.37. The van der Waals surface area contributed by atoms with Crippen molar-refractivity contribution in [2.24, 2.45) is 0 Å². The fourth-order valence-electron chi connectivity index (χ4n) is 2.04. The Hall–Kier alpha value is -2.05. The summed E-state index contributed by atoms with van der Waals surface area (Å²) < 4.78 is 0. The second-order valence-electron chi connectivity index (χ2n) is 4.44. The number of carbonyl (C=O) groups is 1. The van der Waals surface area contributed by atoms with E-state index in [-0.39, 0.29) is 12.5 Å². The molecule has 0 bridgehead atoms. The molecule has 1 amide bonds. The lowest BCUT2D eigenvalue weighted by Gasteiger charge is -2.19. The largest absolute Gasteiger partial charge is 0.326 e. The molecule has 0 N–H and O–H groups in total. The molecule has 0 aliphatic carbocycles. The maximum Gasteiger partial charge on any atom is 0.273 e. The summed E-state index contributed by atoms with van der Waals surface area (Å²) in [5, 5.41) is 1.36. The molecule has 102 valence electrons.